The fourth-order valence-corrected chi connectivity index (χ4v) is 4.25. The predicted molar refractivity (Wildman–Crippen MR) is 94.0 cm³/mol. The summed E-state index contributed by atoms with van der Waals surface area (Å²) in [5.41, 5.74) is 3.12. The summed E-state index contributed by atoms with van der Waals surface area (Å²) in [5, 5.41) is 14.5. The normalized spacial score (nSPS) is 20.9. The van der Waals surface area contributed by atoms with Crippen molar-refractivity contribution in [3.8, 4) is 6.07 Å². The topological polar surface area (TPSA) is 52.9 Å². The molecule has 118 valence electrons. The van der Waals surface area contributed by atoms with Crippen molar-refractivity contribution in [2.24, 2.45) is 0 Å². The smallest absolute Gasteiger partial charge is 0.161 e. The Labute approximate surface area is 145 Å². The van der Waals surface area contributed by atoms with E-state index in [9.17, 15) is 10.1 Å². The summed E-state index contributed by atoms with van der Waals surface area (Å²) >= 11 is 7.99. The number of allylic oxidation sites excluding steroid dienone is 3. The first-order chi connectivity index (χ1) is 11.2. The van der Waals surface area contributed by atoms with Crippen LogP contribution in [0.4, 0.5) is 0 Å². The number of carbonyl (C=O) groups excluding carboxylic acids is 1. The van der Waals surface area contributed by atoms with E-state index in [1.54, 1.807) is 11.8 Å². The molecule has 1 aromatic rings. The molecule has 0 radical (unpaired) electrons. The zero-order chi connectivity index (χ0) is 16.4. The lowest BCUT2D eigenvalue weighted by atomic mass is 9.77. The van der Waals surface area contributed by atoms with Gasteiger partial charge in [0.1, 0.15) is 0 Å². The lowest BCUT2D eigenvalue weighted by Gasteiger charge is -2.33. The van der Waals surface area contributed by atoms with Gasteiger partial charge in [-0.15, -0.1) is 11.8 Å². The van der Waals surface area contributed by atoms with E-state index in [1.807, 2.05) is 24.3 Å². The third-order valence-corrected chi connectivity index (χ3v) is 5.41. The third kappa shape index (κ3) is 2.91. The molecule has 23 heavy (non-hydrogen) atoms. The van der Waals surface area contributed by atoms with Gasteiger partial charge >= 0.3 is 0 Å². The lowest BCUT2D eigenvalue weighted by Crippen LogP contribution is -2.31. The highest BCUT2D eigenvalue weighted by Crippen LogP contribution is 2.45. The van der Waals surface area contributed by atoms with Gasteiger partial charge in [0.2, 0.25) is 0 Å². The molecule has 0 fully saturated rings. The van der Waals surface area contributed by atoms with Crippen molar-refractivity contribution in [3.63, 3.8) is 0 Å². The fraction of sp³-hybridized carbons (Fsp3) is 0.333. The minimum Gasteiger partial charge on any atom is -0.352 e. The SMILES string of the molecule is CCSC1=C(C#N)[C@H](c2ccccc2Cl)C2=C(CCCC2=O)N1. The molecule has 1 heterocycles. The number of nitrogens with zero attached hydrogens (tertiary/aromatic N) is 1. The van der Waals surface area contributed by atoms with Crippen LogP contribution in [-0.4, -0.2) is 11.5 Å². The second-order valence-electron chi connectivity index (χ2n) is 5.54. The molecule has 3 rings (SSSR count). The Morgan fingerprint density at radius 3 is 2.87 bits per heavy atom. The average molecular weight is 345 g/mol. The average Bonchev–Trinajstić information content (AvgIpc) is 2.55. The molecule has 5 heteroatoms. The molecule has 3 nitrogen and oxygen atoms in total. The molecule has 0 saturated carbocycles. The van der Waals surface area contributed by atoms with Gasteiger partial charge in [0.25, 0.3) is 0 Å². The zero-order valence-electron chi connectivity index (χ0n) is 12.9. The van der Waals surface area contributed by atoms with Gasteiger partial charge < -0.3 is 5.32 Å². The first-order valence-electron chi connectivity index (χ1n) is 7.72. The van der Waals surface area contributed by atoms with Crippen LogP contribution in [0.3, 0.4) is 0 Å². The van der Waals surface area contributed by atoms with Crippen molar-refractivity contribution in [1.82, 2.24) is 5.32 Å². The number of ketones is 1. The van der Waals surface area contributed by atoms with E-state index in [2.05, 4.69) is 18.3 Å². The Morgan fingerprint density at radius 2 is 2.17 bits per heavy atom. The van der Waals surface area contributed by atoms with Gasteiger partial charge in [0, 0.05) is 22.7 Å². The molecule has 1 aliphatic heterocycles. The van der Waals surface area contributed by atoms with Gasteiger partial charge in [0.05, 0.1) is 22.6 Å². The van der Waals surface area contributed by atoms with Crippen LogP contribution in [0.25, 0.3) is 0 Å². The maximum absolute atomic E-state index is 12.6. The first-order valence-corrected chi connectivity index (χ1v) is 9.08. The Morgan fingerprint density at radius 1 is 1.39 bits per heavy atom. The molecule has 0 bridgehead atoms. The Bertz CT molecular complexity index is 761. The van der Waals surface area contributed by atoms with E-state index >= 15 is 0 Å². The summed E-state index contributed by atoms with van der Waals surface area (Å²) in [4.78, 5) is 12.6. The number of Topliss-reactive ketones (excluding diaryl/α,β-unsaturated/α-hetero) is 1. The van der Waals surface area contributed by atoms with Crippen molar-refractivity contribution in [2.45, 2.75) is 32.1 Å². The summed E-state index contributed by atoms with van der Waals surface area (Å²) in [7, 11) is 0. The largest absolute Gasteiger partial charge is 0.352 e. The zero-order valence-corrected chi connectivity index (χ0v) is 14.4. The maximum atomic E-state index is 12.6. The van der Waals surface area contributed by atoms with Crippen molar-refractivity contribution in [1.29, 1.82) is 5.26 Å². The van der Waals surface area contributed by atoms with Crippen LogP contribution in [0.15, 0.2) is 46.1 Å². The molecule has 0 aromatic heterocycles. The lowest BCUT2D eigenvalue weighted by molar-refractivity contribution is -0.116. The van der Waals surface area contributed by atoms with Gasteiger partial charge in [-0.2, -0.15) is 5.26 Å². The second-order valence-corrected chi connectivity index (χ2v) is 7.22. The molecule has 0 unspecified atom stereocenters. The Kier molecular flexibility index (Phi) is 4.79. The van der Waals surface area contributed by atoms with Crippen molar-refractivity contribution in [2.75, 3.05) is 5.75 Å². The molecular formula is C18H17ClN2OS. The standard InChI is InChI=1S/C18H17ClN2OS/c1-2-23-18-12(10-20)16(11-6-3-4-7-13(11)19)17-14(21-18)8-5-9-15(17)22/h3-4,6-7,16,21H,2,5,8-9H2,1H3/t16-/m0/s1. The monoisotopic (exact) mass is 344 g/mol. The predicted octanol–water partition coefficient (Wildman–Crippen LogP) is 4.52. The van der Waals surface area contributed by atoms with E-state index < -0.39 is 0 Å². The number of dihydropyridines is 1. The molecular weight excluding hydrogens is 328 g/mol. The molecule has 1 N–H and O–H groups in total. The Balaban J connectivity index is 2.21. The van der Waals surface area contributed by atoms with Crippen molar-refractivity contribution in [3.05, 3.63) is 56.7 Å². The Hall–Kier alpha value is -1.70. The fourth-order valence-electron chi connectivity index (χ4n) is 3.20. The third-order valence-electron chi connectivity index (χ3n) is 4.17. The molecule has 2 aliphatic rings. The second kappa shape index (κ2) is 6.82. The minimum atomic E-state index is -0.355. The highest BCUT2D eigenvalue weighted by atomic mass is 35.5. The van der Waals surface area contributed by atoms with Crippen LogP contribution in [0, 0.1) is 11.3 Å². The van der Waals surface area contributed by atoms with E-state index in [0.29, 0.717) is 17.0 Å². The summed E-state index contributed by atoms with van der Waals surface area (Å²) in [6, 6.07) is 9.81. The molecule has 1 aromatic carbocycles. The summed E-state index contributed by atoms with van der Waals surface area (Å²) in [6.07, 6.45) is 2.23. The van der Waals surface area contributed by atoms with Crippen LogP contribution < -0.4 is 5.32 Å². The van der Waals surface area contributed by atoms with Crippen LogP contribution >= 0.6 is 23.4 Å². The van der Waals surface area contributed by atoms with Crippen LogP contribution in [0.5, 0.6) is 0 Å². The number of hydrogen-bond donors (Lipinski definition) is 1. The number of thioether (sulfide) groups is 1. The van der Waals surface area contributed by atoms with Crippen molar-refractivity contribution >= 4 is 29.1 Å². The number of rotatable bonds is 3. The highest BCUT2D eigenvalue weighted by molar-refractivity contribution is 8.03. The number of carbonyl (C=O) groups is 1. The number of nitriles is 1. The van der Waals surface area contributed by atoms with Gasteiger partial charge in [-0.1, -0.05) is 36.7 Å². The number of nitrogens with one attached hydrogen (secondary N) is 1. The van der Waals surface area contributed by atoms with E-state index in [-0.39, 0.29) is 11.7 Å². The summed E-state index contributed by atoms with van der Waals surface area (Å²) in [5.74, 6) is 0.628. The van der Waals surface area contributed by atoms with E-state index in [0.717, 1.165) is 40.5 Å². The van der Waals surface area contributed by atoms with Gasteiger partial charge in [0.15, 0.2) is 5.78 Å². The number of benzene rings is 1. The van der Waals surface area contributed by atoms with Gasteiger partial charge in [-0.05, 0) is 30.2 Å². The van der Waals surface area contributed by atoms with Crippen LogP contribution in [0.1, 0.15) is 37.7 Å². The number of hydrogen-bond acceptors (Lipinski definition) is 4. The van der Waals surface area contributed by atoms with E-state index in [4.69, 9.17) is 11.6 Å². The van der Waals surface area contributed by atoms with E-state index in [1.165, 1.54) is 0 Å². The molecule has 1 atom stereocenters. The van der Waals surface area contributed by atoms with Crippen molar-refractivity contribution < 1.29 is 4.79 Å². The molecule has 0 amide bonds. The van der Waals surface area contributed by atoms with Gasteiger partial charge in [-0.25, -0.2) is 0 Å². The van der Waals surface area contributed by atoms with Crippen LogP contribution in [0.2, 0.25) is 5.02 Å². The van der Waals surface area contributed by atoms with Crippen LogP contribution in [-0.2, 0) is 4.79 Å². The number of halogens is 1. The maximum Gasteiger partial charge on any atom is 0.161 e. The molecule has 1 aliphatic carbocycles. The summed E-state index contributed by atoms with van der Waals surface area (Å²) < 4.78 is 0. The van der Waals surface area contributed by atoms with Gasteiger partial charge in [-0.3, -0.25) is 4.79 Å². The first kappa shape index (κ1) is 16.2. The molecule has 0 spiro atoms. The minimum absolute atomic E-state index is 0.122. The molecule has 0 saturated heterocycles. The highest BCUT2D eigenvalue weighted by Gasteiger charge is 2.37. The summed E-state index contributed by atoms with van der Waals surface area (Å²) in [6.45, 7) is 2.05. The quantitative estimate of drug-likeness (QED) is 0.875.